The van der Waals surface area contributed by atoms with Crippen molar-refractivity contribution in [1.29, 1.82) is 0 Å². The zero-order chi connectivity index (χ0) is 9.02. The summed E-state index contributed by atoms with van der Waals surface area (Å²) in [6.07, 6.45) is 0.745. The van der Waals surface area contributed by atoms with Gasteiger partial charge in [0.25, 0.3) is 0 Å². The molecule has 0 aromatic heterocycles. The van der Waals surface area contributed by atoms with E-state index >= 15 is 0 Å². The van der Waals surface area contributed by atoms with Gasteiger partial charge in [0, 0.05) is 12.3 Å². The van der Waals surface area contributed by atoms with E-state index in [1.54, 1.807) is 0 Å². The van der Waals surface area contributed by atoms with Gasteiger partial charge in [0.05, 0.1) is 0 Å². The maximum Gasteiger partial charge on any atom is 0.135 e. The lowest BCUT2D eigenvalue weighted by Gasteiger charge is -2.15. The van der Waals surface area contributed by atoms with Gasteiger partial charge in [0.2, 0.25) is 0 Å². The molecule has 1 nitrogen and oxygen atoms in total. The number of Topliss-reactive ketones (excluding diaryl/α,β-unsaturated/α-hetero) is 1. The van der Waals surface area contributed by atoms with E-state index in [9.17, 15) is 4.79 Å². The molecule has 0 aliphatic heterocycles. The van der Waals surface area contributed by atoms with Crippen LogP contribution in [0.1, 0.15) is 41.0 Å². The standard InChI is InChI=1S/C10H20O/c1-7(2)9(5)6-10(11)8(3)4/h7-9H,6H2,1-5H3. The first kappa shape index (κ1) is 10.7. The first-order valence-corrected chi connectivity index (χ1v) is 4.47. The molecule has 0 N–H and O–H groups in total. The van der Waals surface area contributed by atoms with Gasteiger partial charge < -0.3 is 0 Å². The second kappa shape index (κ2) is 4.53. The molecule has 0 spiro atoms. The van der Waals surface area contributed by atoms with Gasteiger partial charge in [-0.15, -0.1) is 0 Å². The van der Waals surface area contributed by atoms with Crippen molar-refractivity contribution in [2.24, 2.45) is 17.8 Å². The fourth-order valence-corrected chi connectivity index (χ4v) is 0.789. The van der Waals surface area contributed by atoms with Crippen LogP contribution in [-0.2, 0) is 4.79 Å². The van der Waals surface area contributed by atoms with Crippen molar-refractivity contribution in [3.05, 3.63) is 0 Å². The van der Waals surface area contributed by atoms with Crippen molar-refractivity contribution in [2.75, 3.05) is 0 Å². The van der Waals surface area contributed by atoms with Crippen LogP contribution in [-0.4, -0.2) is 5.78 Å². The van der Waals surface area contributed by atoms with Crippen LogP contribution in [0.4, 0.5) is 0 Å². The normalized spacial score (nSPS) is 14.1. The Morgan fingerprint density at radius 3 is 1.82 bits per heavy atom. The summed E-state index contributed by atoms with van der Waals surface area (Å²) in [7, 11) is 0. The summed E-state index contributed by atoms with van der Waals surface area (Å²) in [5.41, 5.74) is 0. The maximum atomic E-state index is 11.3. The van der Waals surface area contributed by atoms with Crippen LogP contribution in [0.25, 0.3) is 0 Å². The highest BCUT2D eigenvalue weighted by molar-refractivity contribution is 5.80. The molecule has 0 bridgehead atoms. The van der Waals surface area contributed by atoms with Crippen LogP contribution in [0.15, 0.2) is 0 Å². The molecule has 0 rings (SSSR count). The third-order valence-electron chi connectivity index (χ3n) is 2.31. The number of carbonyl (C=O) groups excluding carboxylic acids is 1. The lowest BCUT2D eigenvalue weighted by molar-refractivity contribution is -0.123. The van der Waals surface area contributed by atoms with E-state index in [0.717, 1.165) is 6.42 Å². The van der Waals surface area contributed by atoms with Crippen molar-refractivity contribution < 1.29 is 4.79 Å². The summed E-state index contributed by atoms with van der Waals surface area (Å²) >= 11 is 0. The van der Waals surface area contributed by atoms with E-state index in [4.69, 9.17) is 0 Å². The van der Waals surface area contributed by atoms with Crippen molar-refractivity contribution >= 4 is 5.78 Å². The van der Waals surface area contributed by atoms with Crippen LogP contribution >= 0.6 is 0 Å². The summed E-state index contributed by atoms with van der Waals surface area (Å²) in [5, 5.41) is 0. The fraction of sp³-hybridized carbons (Fsp3) is 0.900. The first-order chi connectivity index (χ1) is 4.95. The van der Waals surface area contributed by atoms with E-state index < -0.39 is 0 Å². The smallest absolute Gasteiger partial charge is 0.135 e. The maximum absolute atomic E-state index is 11.3. The van der Waals surface area contributed by atoms with E-state index in [1.165, 1.54) is 0 Å². The first-order valence-electron chi connectivity index (χ1n) is 4.47. The third kappa shape index (κ3) is 4.18. The largest absolute Gasteiger partial charge is 0.299 e. The molecule has 0 aromatic rings. The quantitative estimate of drug-likeness (QED) is 0.611. The Morgan fingerprint density at radius 2 is 1.55 bits per heavy atom. The topological polar surface area (TPSA) is 17.1 Å². The minimum absolute atomic E-state index is 0.205. The van der Waals surface area contributed by atoms with E-state index in [0.29, 0.717) is 17.6 Å². The molecule has 0 radical (unpaired) electrons. The molecular formula is C10H20O. The molecule has 11 heavy (non-hydrogen) atoms. The molecule has 0 aromatic carbocycles. The van der Waals surface area contributed by atoms with Gasteiger partial charge in [-0.1, -0.05) is 34.6 Å². The zero-order valence-electron chi connectivity index (χ0n) is 8.35. The highest BCUT2D eigenvalue weighted by atomic mass is 16.1. The Bertz CT molecular complexity index is 125. The average molecular weight is 156 g/mol. The van der Waals surface area contributed by atoms with Gasteiger partial charge in [0.15, 0.2) is 0 Å². The highest BCUT2D eigenvalue weighted by Gasteiger charge is 2.14. The Hall–Kier alpha value is -0.330. The zero-order valence-corrected chi connectivity index (χ0v) is 8.35. The molecule has 0 heterocycles. The SMILES string of the molecule is CC(C)C(=O)CC(C)C(C)C. The summed E-state index contributed by atoms with van der Waals surface area (Å²) in [4.78, 5) is 11.3. The highest BCUT2D eigenvalue weighted by Crippen LogP contribution is 2.16. The summed E-state index contributed by atoms with van der Waals surface area (Å²) in [6.45, 7) is 10.4. The van der Waals surface area contributed by atoms with Crippen molar-refractivity contribution in [2.45, 2.75) is 41.0 Å². The van der Waals surface area contributed by atoms with Gasteiger partial charge in [0.1, 0.15) is 5.78 Å². The number of rotatable bonds is 4. The number of hydrogen-bond donors (Lipinski definition) is 0. The van der Waals surface area contributed by atoms with Crippen molar-refractivity contribution in [1.82, 2.24) is 0 Å². The molecule has 1 heteroatoms. The van der Waals surface area contributed by atoms with E-state index in [1.807, 2.05) is 13.8 Å². The van der Waals surface area contributed by atoms with Crippen molar-refractivity contribution in [3.8, 4) is 0 Å². The van der Waals surface area contributed by atoms with Gasteiger partial charge in [-0.05, 0) is 11.8 Å². The molecule has 0 aliphatic rings. The minimum atomic E-state index is 0.205. The van der Waals surface area contributed by atoms with Gasteiger partial charge in [-0.25, -0.2) is 0 Å². The molecule has 1 unspecified atom stereocenters. The molecular weight excluding hydrogens is 136 g/mol. The Morgan fingerprint density at radius 1 is 1.09 bits per heavy atom. The van der Waals surface area contributed by atoms with Crippen LogP contribution in [0.2, 0.25) is 0 Å². The Balaban J connectivity index is 3.76. The lowest BCUT2D eigenvalue weighted by atomic mass is 9.90. The third-order valence-corrected chi connectivity index (χ3v) is 2.31. The molecule has 0 aliphatic carbocycles. The van der Waals surface area contributed by atoms with Crippen LogP contribution in [0.3, 0.4) is 0 Å². The molecule has 0 amide bonds. The lowest BCUT2D eigenvalue weighted by Crippen LogP contribution is -2.14. The second-order valence-corrected chi connectivity index (χ2v) is 4.05. The van der Waals surface area contributed by atoms with Gasteiger partial charge in [-0.3, -0.25) is 4.79 Å². The predicted octanol–water partition coefficient (Wildman–Crippen LogP) is 2.89. The summed E-state index contributed by atoms with van der Waals surface area (Å²) in [5.74, 6) is 1.75. The minimum Gasteiger partial charge on any atom is -0.299 e. The molecule has 0 saturated heterocycles. The Labute approximate surface area is 70.2 Å². The molecule has 1 atom stereocenters. The predicted molar refractivity (Wildman–Crippen MR) is 48.5 cm³/mol. The van der Waals surface area contributed by atoms with Gasteiger partial charge in [-0.2, -0.15) is 0 Å². The molecule has 0 saturated carbocycles. The fourth-order valence-electron chi connectivity index (χ4n) is 0.789. The van der Waals surface area contributed by atoms with E-state index in [-0.39, 0.29) is 5.92 Å². The van der Waals surface area contributed by atoms with Crippen LogP contribution in [0, 0.1) is 17.8 Å². The number of hydrogen-bond acceptors (Lipinski definition) is 1. The van der Waals surface area contributed by atoms with Crippen molar-refractivity contribution in [3.63, 3.8) is 0 Å². The van der Waals surface area contributed by atoms with Crippen LogP contribution < -0.4 is 0 Å². The monoisotopic (exact) mass is 156 g/mol. The molecule has 66 valence electrons. The average Bonchev–Trinajstić information content (AvgIpc) is 1.87. The number of carbonyl (C=O) groups is 1. The van der Waals surface area contributed by atoms with E-state index in [2.05, 4.69) is 20.8 Å². The second-order valence-electron chi connectivity index (χ2n) is 4.05. The summed E-state index contributed by atoms with van der Waals surface area (Å²) in [6, 6.07) is 0. The van der Waals surface area contributed by atoms with Gasteiger partial charge >= 0.3 is 0 Å². The summed E-state index contributed by atoms with van der Waals surface area (Å²) < 4.78 is 0. The Kier molecular flexibility index (Phi) is 4.39. The van der Waals surface area contributed by atoms with Crippen LogP contribution in [0.5, 0.6) is 0 Å². The number of ketones is 1. The molecule has 0 fully saturated rings.